The van der Waals surface area contributed by atoms with Gasteiger partial charge in [0.25, 0.3) is 5.91 Å². The zero-order chi connectivity index (χ0) is 15.4. The Balaban J connectivity index is 2.25. The second-order valence-electron chi connectivity index (χ2n) is 4.84. The fourth-order valence-corrected chi connectivity index (χ4v) is 2.15. The summed E-state index contributed by atoms with van der Waals surface area (Å²) >= 11 is 0. The first kappa shape index (κ1) is 14.8. The summed E-state index contributed by atoms with van der Waals surface area (Å²) in [5.41, 5.74) is 1.90. The molecule has 0 atom stereocenters. The van der Waals surface area contributed by atoms with E-state index in [1.165, 1.54) is 4.90 Å². The Morgan fingerprint density at radius 1 is 1.29 bits per heavy atom. The highest BCUT2D eigenvalue weighted by molar-refractivity contribution is 5.96. The van der Waals surface area contributed by atoms with Crippen LogP contribution in [0.4, 0.5) is 0 Å². The molecule has 21 heavy (non-hydrogen) atoms. The Morgan fingerprint density at radius 2 is 1.95 bits per heavy atom. The molecule has 1 amide bonds. The minimum atomic E-state index is -1.04. The molecule has 0 aliphatic rings. The van der Waals surface area contributed by atoms with Crippen molar-refractivity contribution in [3.8, 4) is 0 Å². The average Bonchev–Trinajstić information content (AvgIpc) is 2.77. The van der Waals surface area contributed by atoms with Crippen LogP contribution in [0.15, 0.2) is 36.5 Å². The topological polar surface area (TPSA) is 75.4 Å². The lowest BCUT2D eigenvalue weighted by molar-refractivity contribution is -0.137. The predicted octanol–water partition coefficient (Wildman–Crippen LogP) is 1.46. The molecule has 0 aliphatic carbocycles. The van der Waals surface area contributed by atoms with Gasteiger partial charge in [0.2, 0.25) is 0 Å². The van der Waals surface area contributed by atoms with E-state index in [4.69, 9.17) is 5.11 Å². The van der Waals surface area contributed by atoms with Gasteiger partial charge in [-0.25, -0.2) is 0 Å². The normalized spacial score (nSPS) is 10.4. The number of hydrogen-bond donors (Lipinski definition) is 1. The van der Waals surface area contributed by atoms with Crippen molar-refractivity contribution >= 4 is 11.9 Å². The van der Waals surface area contributed by atoms with Crippen LogP contribution in [-0.4, -0.2) is 38.2 Å². The summed E-state index contributed by atoms with van der Waals surface area (Å²) in [6, 6.07) is 9.30. The predicted molar refractivity (Wildman–Crippen MR) is 76.8 cm³/mol. The molecular weight excluding hydrogens is 270 g/mol. The van der Waals surface area contributed by atoms with Gasteiger partial charge in [0, 0.05) is 19.8 Å². The van der Waals surface area contributed by atoms with Gasteiger partial charge in [-0.15, -0.1) is 0 Å². The van der Waals surface area contributed by atoms with Gasteiger partial charge in [0.1, 0.15) is 6.54 Å². The van der Waals surface area contributed by atoms with Crippen LogP contribution in [0.3, 0.4) is 0 Å². The molecule has 1 aromatic carbocycles. The van der Waals surface area contributed by atoms with Crippen molar-refractivity contribution in [2.75, 3.05) is 6.54 Å². The largest absolute Gasteiger partial charge is 0.480 e. The summed E-state index contributed by atoms with van der Waals surface area (Å²) in [7, 11) is 1.72. The van der Waals surface area contributed by atoms with Gasteiger partial charge in [-0.05, 0) is 12.5 Å². The van der Waals surface area contributed by atoms with Crippen molar-refractivity contribution < 1.29 is 14.7 Å². The number of carbonyl (C=O) groups is 2. The summed E-state index contributed by atoms with van der Waals surface area (Å²) in [5, 5.41) is 13.1. The number of aliphatic carboxylic acids is 1. The number of amides is 1. The fourth-order valence-electron chi connectivity index (χ4n) is 2.15. The first-order valence-electron chi connectivity index (χ1n) is 6.52. The zero-order valence-electron chi connectivity index (χ0n) is 12.0. The SMILES string of the molecule is Cc1nn(C)cc1C(=O)N(CC(=O)O)Cc1ccccc1. The van der Waals surface area contributed by atoms with E-state index in [0.29, 0.717) is 11.3 Å². The molecular formula is C15H17N3O3. The van der Waals surface area contributed by atoms with Gasteiger partial charge < -0.3 is 10.0 Å². The van der Waals surface area contributed by atoms with E-state index < -0.39 is 5.97 Å². The number of benzene rings is 1. The summed E-state index contributed by atoms with van der Waals surface area (Å²) in [6.45, 7) is 1.64. The molecule has 0 saturated heterocycles. The van der Waals surface area contributed by atoms with E-state index in [2.05, 4.69) is 5.10 Å². The molecule has 0 spiro atoms. The standard InChI is InChI=1S/C15H17N3O3/c1-11-13(9-17(2)16-11)15(21)18(10-14(19)20)8-12-6-4-3-5-7-12/h3-7,9H,8,10H2,1-2H3,(H,19,20). The third-order valence-corrected chi connectivity index (χ3v) is 3.07. The van der Waals surface area contributed by atoms with Crippen LogP contribution in [0.1, 0.15) is 21.6 Å². The quantitative estimate of drug-likeness (QED) is 0.903. The second-order valence-corrected chi connectivity index (χ2v) is 4.84. The third-order valence-electron chi connectivity index (χ3n) is 3.07. The summed E-state index contributed by atoms with van der Waals surface area (Å²) < 4.78 is 1.55. The maximum Gasteiger partial charge on any atom is 0.323 e. The molecule has 6 nitrogen and oxygen atoms in total. The Bertz CT molecular complexity index is 649. The Labute approximate surface area is 122 Å². The van der Waals surface area contributed by atoms with Gasteiger partial charge >= 0.3 is 5.97 Å². The van der Waals surface area contributed by atoms with Crippen LogP contribution in [0.25, 0.3) is 0 Å². The molecule has 0 aliphatic heterocycles. The molecule has 110 valence electrons. The Morgan fingerprint density at radius 3 is 2.48 bits per heavy atom. The number of hydrogen-bond acceptors (Lipinski definition) is 3. The number of aryl methyl sites for hydroxylation is 2. The van der Waals surface area contributed by atoms with Crippen molar-refractivity contribution in [1.82, 2.24) is 14.7 Å². The first-order valence-corrected chi connectivity index (χ1v) is 6.52. The van der Waals surface area contributed by atoms with Gasteiger partial charge in [0.05, 0.1) is 11.3 Å². The minimum absolute atomic E-state index is 0.250. The number of carboxylic acids is 1. The molecule has 6 heteroatoms. The zero-order valence-corrected chi connectivity index (χ0v) is 12.0. The molecule has 1 heterocycles. The van der Waals surface area contributed by atoms with Gasteiger partial charge in [-0.1, -0.05) is 30.3 Å². The molecule has 0 fully saturated rings. The van der Waals surface area contributed by atoms with E-state index in [9.17, 15) is 9.59 Å². The van der Waals surface area contributed by atoms with Crippen LogP contribution in [0.2, 0.25) is 0 Å². The smallest absolute Gasteiger partial charge is 0.323 e. The van der Waals surface area contributed by atoms with Crippen LogP contribution >= 0.6 is 0 Å². The average molecular weight is 287 g/mol. The highest BCUT2D eigenvalue weighted by Crippen LogP contribution is 2.12. The van der Waals surface area contributed by atoms with E-state index in [-0.39, 0.29) is 19.0 Å². The van der Waals surface area contributed by atoms with E-state index in [1.807, 2.05) is 30.3 Å². The fraction of sp³-hybridized carbons (Fsp3) is 0.267. The number of nitrogens with zero attached hydrogens (tertiary/aromatic N) is 3. The van der Waals surface area contributed by atoms with Crippen molar-refractivity contribution in [1.29, 1.82) is 0 Å². The number of carbonyl (C=O) groups excluding carboxylic acids is 1. The van der Waals surface area contributed by atoms with Crippen LogP contribution < -0.4 is 0 Å². The van der Waals surface area contributed by atoms with Gasteiger partial charge in [-0.2, -0.15) is 5.10 Å². The lowest BCUT2D eigenvalue weighted by atomic mass is 10.2. The molecule has 0 bridgehead atoms. The van der Waals surface area contributed by atoms with Crippen LogP contribution in [-0.2, 0) is 18.4 Å². The van der Waals surface area contributed by atoms with E-state index in [1.54, 1.807) is 24.9 Å². The molecule has 1 N–H and O–H groups in total. The number of rotatable bonds is 5. The second kappa shape index (κ2) is 6.21. The van der Waals surface area contributed by atoms with Crippen molar-refractivity contribution in [3.63, 3.8) is 0 Å². The molecule has 0 radical (unpaired) electrons. The molecule has 2 rings (SSSR count). The molecule has 0 unspecified atom stereocenters. The lowest BCUT2D eigenvalue weighted by Gasteiger charge is -2.20. The highest BCUT2D eigenvalue weighted by atomic mass is 16.4. The van der Waals surface area contributed by atoms with Crippen LogP contribution in [0, 0.1) is 6.92 Å². The molecule has 2 aromatic rings. The minimum Gasteiger partial charge on any atom is -0.480 e. The third kappa shape index (κ3) is 3.68. The van der Waals surface area contributed by atoms with Gasteiger partial charge in [0.15, 0.2) is 0 Å². The summed E-state index contributed by atoms with van der Waals surface area (Å²) in [4.78, 5) is 24.8. The first-order chi connectivity index (χ1) is 9.97. The molecule has 0 saturated carbocycles. The van der Waals surface area contributed by atoms with Crippen LogP contribution in [0.5, 0.6) is 0 Å². The van der Waals surface area contributed by atoms with Crippen molar-refractivity contribution in [2.45, 2.75) is 13.5 Å². The Hall–Kier alpha value is -2.63. The lowest BCUT2D eigenvalue weighted by Crippen LogP contribution is -2.35. The van der Waals surface area contributed by atoms with E-state index in [0.717, 1.165) is 5.56 Å². The van der Waals surface area contributed by atoms with Gasteiger partial charge in [-0.3, -0.25) is 14.3 Å². The number of carboxylic acid groups (broad SMARTS) is 1. The maximum atomic E-state index is 12.5. The maximum absolute atomic E-state index is 12.5. The highest BCUT2D eigenvalue weighted by Gasteiger charge is 2.22. The monoisotopic (exact) mass is 287 g/mol. The number of aromatic nitrogens is 2. The summed E-state index contributed by atoms with van der Waals surface area (Å²) in [5.74, 6) is -1.37. The Kier molecular flexibility index (Phi) is 4.37. The van der Waals surface area contributed by atoms with Crippen molar-refractivity contribution in [2.24, 2.45) is 7.05 Å². The van der Waals surface area contributed by atoms with Crippen molar-refractivity contribution in [3.05, 3.63) is 53.3 Å². The molecule has 1 aromatic heterocycles. The summed E-state index contributed by atoms with van der Waals surface area (Å²) in [6.07, 6.45) is 1.61. The van der Waals surface area contributed by atoms with E-state index >= 15 is 0 Å².